The van der Waals surface area contributed by atoms with Gasteiger partial charge in [0.15, 0.2) is 0 Å². The molecule has 0 saturated heterocycles. The van der Waals surface area contributed by atoms with E-state index in [1.165, 1.54) is 36.4 Å². The maximum absolute atomic E-state index is 13.5. The second kappa shape index (κ2) is 7.91. The zero-order valence-electron chi connectivity index (χ0n) is 16.4. The smallest absolute Gasteiger partial charge is 0.253 e. The fraction of sp³-hybridized carbons (Fsp3) is 0.0870. The monoisotopic (exact) mass is 419 g/mol. The predicted molar refractivity (Wildman–Crippen MR) is 116 cm³/mol. The third-order valence-electron chi connectivity index (χ3n) is 4.90. The molecule has 156 valence electrons. The van der Waals surface area contributed by atoms with Gasteiger partial charge in [-0.25, -0.2) is 4.98 Å². The Kier molecular flexibility index (Phi) is 5.12. The zero-order chi connectivity index (χ0) is 22.1. The molecule has 7 nitrogen and oxygen atoms in total. The largest absolute Gasteiger partial charge is 0.508 e. The van der Waals surface area contributed by atoms with Crippen molar-refractivity contribution >= 4 is 17.1 Å². The summed E-state index contributed by atoms with van der Waals surface area (Å²) >= 11 is 0. The van der Waals surface area contributed by atoms with Gasteiger partial charge >= 0.3 is 0 Å². The number of nitrogens with zero attached hydrogens (tertiary/aromatic N) is 1. The summed E-state index contributed by atoms with van der Waals surface area (Å²) in [5.41, 5.74) is 0.527. The highest BCUT2D eigenvalue weighted by Gasteiger charge is 2.23. The number of aromatic hydroxyl groups is 2. The lowest BCUT2D eigenvalue weighted by molar-refractivity contribution is 0.474. The van der Waals surface area contributed by atoms with Gasteiger partial charge in [0, 0.05) is 17.3 Å². The van der Waals surface area contributed by atoms with E-state index in [1.54, 1.807) is 31.2 Å². The number of anilines is 3. The van der Waals surface area contributed by atoms with Gasteiger partial charge < -0.3 is 20.8 Å². The van der Waals surface area contributed by atoms with Crippen molar-refractivity contribution < 1.29 is 14.6 Å². The molecular weight excluding hydrogens is 401 g/mol. The Bertz CT molecular complexity index is 1350. The van der Waals surface area contributed by atoms with Crippen molar-refractivity contribution in [2.45, 2.75) is 13.0 Å². The van der Waals surface area contributed by atoms with Crippen LogP contribution < -0.4 is 21.5 Å². The quantitative estimate of drug-likeness (QED) is 0.214. The van der Waals surface area contributed by atoms with Crippen LogP contribution in [0.25, 0.3) is 11.3 Å². The molecule has 0 bridgehead atoms. The number of pyridine rings is 1. The van der Waals surface area contributed by atoms with Gasteiger partial charge in [-0.3, -0.25) is 9.59 Å². The molecule has 4 rings (SSSR count). The van der Waals surface area contributed by atoms with Crippen LogP contribution in [0.15, 0.2) is 70.3 Å². The predicted octanol–water partition coefficient (Wildman–Crippen LogP) is 3.81. The van der Waals surface area contributed by atoms with Gasteiger partial charge in [0.2, 0.25) is 5.95 Å². The van der Waals surface area contributed by atoms with Crippen LogP contribution in [0.2, 0.25) is 0 Å². The first-order valence-electron chi connectivity index (χ1n) is 9.45. The molecule has 1 heterocycles. The first-order valence-corrected chi connectivity index (χ1v) is 9.45. The number of hydrogen-bond acceptors (Lipinski definition) is 7. The molecule has 0 aliphatic heterocycles. The second-order valence-corrected chi connectivity index (χ2v) is 7.07. The van der Waals surface area contributed by atoms with E-state index >= 15 is 0 Å². The fourth-order valence-electron chi connectivity index (χ4n) is 3.26. The average molecular weight is 419 g/mol. The maximum Gasteiger partial charge on any atom is 0.253 e. The molecule has 0 saturated carbocycles. The van der Waals surface area contributed by atoms with E-state index in [0.29, 0.717) is 5.69 Å². The van der Waals surface area contributed by atoms with Crippen LogP contribution in [0, 0.1) is 5.95 Å². The first kappa shape index (κ1) is 20.1. The van der Waals surface area contributed by atoms with Gasteiger partial charge in [0.05, 0.1) is 5.69 Å². The summed E-state index contributed by atoms with van der Waals surface area (Å²) in [5, 5.41) is 25.7. The number of aromatic nitrogens is 1. The number of phenols is 2. The highest BCUT2D eigenvalue weighted by molar-refractivity contribution is 5.81. The lowest BCUT2D eigenvalue weighted by Crippen LogP contribution is -2.37. The molecule has 0 fully saturated rings. The third-order valence-corrected chi connectivity index (χ3v) is 4.90. The van der Waals surface area contributed by atoms with Gasteiger partial charge in [-0.05, 0) is 55.0 Å². The van der Waals surface area contributed by atoms with Crippen molar-refractivity contribution in [2.24, 2.45) is 0 Å². The van der Waals surface area contributed by atoms with Crippen LogP contribution in [0.3, 0.4) is 0 Å². The lowest BCUT2D eigenvalue weighted by Gasteiger charge is -2.20. The van der Waals surface area contributed by atoms with Crippen LogP contribution in [0.5, 0.6) is 11.5 Å². The van der Waals surface area contributed by atoms with E-state index in [0.717, 1.165) is 5.56 Å². The molecule has 3 aromatic carbocycles. The average Bonchev–Trinajstić information content (AvgIpc) is 2.76. The standard InChI is InChI=1S/C23H18FN3O4/c1-12(13-4-2-5-15(28)10-13)25-20-21(23(31)22(20)30)26-14-8-9-18(29)16(11-14)17-6-3-7-19(24)27-17/h2-12,25-26,28-29H,1H3/t12-/m1/s1. The summed E-state index contributed by atoms with van der Waals surface area (Å²) in [6.45, 7) is 1.80. The first-order chi connectivity index (χ1) is 14.8. The normalized spacial score (nSPS) is 11.9. The summed E-state index contributed by atoms with van der Waals surface area (Å²) in [4.78, 5) is 28.0. The third kappa shape index (κ3) is 3.95. The summed E-state index contributed by atoms with van der Waals surface area (Å²) in [6.07, 6.45) is 0. The highest BCUT2D eigenvalue weighted by Crippen LogP contribution is 2.33. The van der Waals surface area contributed by atoms with E-state index < -0.39 is 16.8 Å². The molecule has 31 heavy (non-hydrogen) atoms. The Hall–Kier alpha value is -4.20. The van der Waals surface area contributed by atoms with Gasteiger partial charge in [0.25, 0.3) is 10.9 Å². The SMILES string of the molecule is C[C@@H](Nc1c(Nc2ccc(O)c(-c3cccc(F)n3)c2)c(=O)c1=O)c1cccc(O)c1. The molecule has 0 radical (unpaired) electrons. The number of halogens is 1. The molecule has 1 aromatic heterocycles. The van der Waals surface area contributed by atoms with Crippen LogP contribution >= 0.6 is 0 Å². The van der Waals surface area contributed by atoms with Crippen molar-refractivity contribution in [1.82, 2.24) is 4.98 Å². The van der Waals surface area contributed by atoms with Crippen LogP contribution in [0.4, 0.5) is 21.5 Å². The molecule has 0 aliphatic rings. The molecule has 0 spiro atoms. The molecule has 4 N–H and O–H groups in total. The van der Waals surface area contributed by atoms with Crippen molar-refractivity contribution in [3.63, 3.8) is 0 Å². The zero-order valence-corrected chi connectivity index (χ0v) is 16.4. The Labute approximate surface area is 176 Å². The summed E-state index contributed by atoms with van der Waals surface area (Å²) < 4.78 is 13.5. The molecule has 0 amide bonds. The van der Waals surface area contributed by atoms with Crippen LogP contribution in [-0.4, -0.2) is 15.2 Å². The molecule has 0 aliphatic carbocycles. The molecule has 4 aromatic rings. The number of benzene rings is 2. The molecular formula is C23H18FN3O4. The van der Waals surface area contributed by atoms with Gasteiger partial charge in [-0.1, -0.05) is 18.2 Å². The van der Waals surface area contributed by atoms with E-state index in [1.807, 2.05) is 0 Å². The van der Waals surface area contributed by atoms with Gasteiger partial charge in [-0.2, -0.15) is 4.39 Å². The van der Waals surface area contributed by atoms with E-state index in [9.17, 15) is 24.2 Å². The maximum atomic E-state index is 13.5. The van der Waals surface area contributed by atoms with Crippen molar-refractivity contribution in [3.05, 3.63) is 92.6 Å². The molecule has 8 heteroatoms. The van der Waals surface area contributed by atoms with E-state index in [-0.39, 0.29) is 40.2 Å². The number of nitrogens with one attached hydrogen (secondary N) is 2. The van der Waals surface area contributed by atoms with Crippen LogP contribution in [0.1, 0.15) is 18.5 Å². The summed E-state index contributed by atoms with van der Waals surface area (Å²) in [7, 11) is 0. The Morgan fingerprint density at radius 3 is 2.42 bits per heavy atom. The second-order valence-electron chi connectivity index (χ2n) is 7.07. The van der Waals surface area contributed by atoms with E-state index in [4.69, 9.17) is 0 Å². The minimum Gasteiger partial charge on any atom is -0.508 e. The van der Waals surface area contributed by atoms with Crippen molar-refractivity contribution in [3.8, 4) is 22.8 Å². The van der Waals surface area contributed by atoms with Gasteiger partial charge in [0.1, 0.15) is 22.9 Å². The summed E-state index contributed by atoms with van der Waals surface area (Å²) in [5.74, 6) is -0.702. The fourth-order valence-corrected chi connectivity index (χ4v) is 3.26. The number of rotatable bonds is 6. The Morgan fingerprint density at radius 2 is 1.68 bits per heavy atom. The minimum absolute atomic E-state index is 0.0841. The molecule has 1 atom stereocenters. The Balaban J connectivity index is 1.61. The topological polar surface area (TPSA) is 112 Å². The van der Waals surface area contributed by atoms with E-state index in [2.05, 4.69) is 15.6 Å². The number of hydrogen-bond donors (Lipinski definition) is 4. The number of phenolic OH excluding ortho intramolecular Hbond substituents is 2. The minimum atomic E-state index is -0.690. The van der Waals surface area contributed by atoms with Crippen LogP contribution in [-0.2, 0) is 0 Å². The Morgan fingerprint density at radius 1 is 0.935 bits per heavy atom. The molecule has 0 unspecified atom stereocenters. The van der Waals surface area contributed by atoms with Crippen molar-refractivity contribution in [2.75, 3.05) is 10.6 Å². The summed E-state index contributed by atoms with van der Waals surface area (Å²) in [6, 6.07) is 14.9. The van der Waals surface area contributed by atoms with Crippen molar-refractivity contribution in [1.29, 1.82) is 0 Å². The van der Waals surface area contributed by atoms with Gasteiger partial charge in [-0.15, -0.1) is 0 Å². The highest BCUT2D eigenvalue weighted by atomic mass is 19.1. The lowest BCUT2D eigenvalue weighted by atomic mass is 10.1.